The lowest BCUT2D eigenvalue weighted by Crippen LogP contribution is -2.36. The van der Waals surface area contributed by atoms with Gasteiger partial charge in [0.25, 0.3) is 0 Å². The zero-order chi connectivity index (χ0) is 20.7. The van der Waals surface area contributed by atoms with E-state index in [0.29, 0.717) is 30.4 Å². The van der Waals surface area contributed by atoms with Crippen LogP contribution in [0.25, 0.3) is 5.82 Å². The van der Waals surface area contributed by atoms with Crippen LogP contribution in [0, 0.1) is 0 Å². The Bertz CT molecular complexity index is 957. The van der Waals surface area contributed by atoms with Gasteiger partial charge in [-0.2, -0.15) is 18.3 Å². The van der Waals surface area contributed by atoms with Gasteiger partial charge in [-0.1, -0.05) is 12.1 Å². The van der Waals surface area contributed by atoms with Crippen molar-refractivity contribution in [1.29, 1.82) is 0 Å². The number of hydrogen-bond acceptors (Lipinski definition) is 3. The molecule has 0 bridgehead atoms. The second-order valence-electron chi connectivity index (χ2n) is 6.22. The molecule has 1 aromatic carbocycles. The normalized spacial score (nSPS) is 11.7. The van der Waals surface area contributed by atoms with E-state index < -0.39 is 11.7 Å². The lowest BCUT2D eigenvalue weighted by molar-refractivity contribution is -0.137. The average molecular weight is 530 g/mol. The van der Waals surface area contributed by atoms with Gasteiger partial charge >= 0.3 is 6.18 Å². The summed E-state index contributed by atoms with van der Waals surface area (Å²) in [7, 11) is 0. The standard InChI is InChI=1S/C20H21F3N6.HI/c1-2-24-19(26-13-15-5-3-6-17(11-15)20(21,22)23)27-14-16-7-9-25-18(12-16)29-10-4-8-28-29;/h3-12H,2,13-14H2,1H3,(H2,24,26,27);1H. The molecule has 0 spiro atoms. The summed E-state index contributed by atoms with van der Waals surface area (Å²) < 4.78 is 40.2. The molecule has 0 radical (unpaired) electrons. The Morgan fingerprint density at radius 2 is 1.90 bits per heavy atom. The third-order valence-corrected chi connectivity index (χ3v) is 4.03. The van der Waals surface area contributed by atoms with E-state index in [9.17, 15) is 13.2 Å². The largest absolute Gasteiger partial charge is 0.416 e. The van der Waals surface area contributed by atoms with Crippen LogP contribution < -0.4 is 10.6 Å². The molecule has 0 atom stereocenters. The minimum absolute atomic E-state index is 0. The fourth-order valence-corrected chi connectivity index (χ4v) is 2.64. The van der Waals surface area contributed by atoms with Crippen LogP contribution in [0.2, 0.25) is 0 Å². The lowest BCUT2D eigenvalue weighted by atomic mass is 10.1. The van der Waals surface area contributed by atoms with Gasteiger partial charge in [0.05, 0.1) is 12.1 Å². The zero-order valence-corrected chi connectivity index (χ0v) is 18.6. The molecule has 6 nitrogen and oxygen atoms in total. The van der Waals surface area contributed by atoms with Gasteiger partial charge in [0.15, 0.2) is 11.8 Å². The van der Waals surface area contributed by atoms with Crippen molar-refractivity contribution >= 4 is 29.9 Å². The van der Waals surface area contributed by atoms with Crippen LogP contribution in [0.4, 0.5) is 13.2 Å². The number of alkyl halides is 3. The predicted octanol–water partition coefficient (Wildman–Crippen LogP) is 4.16. The number of nitrogens with one attached hydrogen (secondary N) is 2. The fourth-order valence-electron chi connectivity index (χ4n) is 2.64. The first-order valence-corrected chi connectivity index (χ1v) is 9.09. The second-order valence-corrected chi connectivity index (χ2v) is 6.22. The van der Waals surface area contributed by atoms with Crippen molar-refractivity contribution in [3.8, 4) is 5.82 Å². The summed E-state index contributed by atoms with van der Waals surface area (Å²) in [5, 5.41) is 10.4. The summed E-state index contributed by atoms with van der Waals surface area (Å²) in [6, 6.07) is 10.8. The first kappa shape index (κ1) is 23.6. The molecular formula is C20H22F3IN6. The van der Waals surface area contributed by atoms with Gasteiger partial charge in [-0.3, -0.25) is 0 Å². The molecule has 0 aliphatic rings. The molecule has 160 valence electrons. The Kier molecular flexibility index (Phi) is 8.63. The summed E-state index contributed by atoms with van der Waals surface area (Å²) in [4.78, 5) is 8.67. The smallest absolute Gasteiger partial charge is 0.357 e. The van der Waals surface area contributed by atoms with Crippen molar-refractivity contribution < 1.29 is 13.2 Å². The van der Waals surface area contributed by atoms with Crippen molar-refractivity contribution in [2.24, 2.45) is 4.99 Å². The molecule has 2 N–H and O–H groups in total. The van der Waals surface area contributed by atoms with Gasteiger partial charge in [0, 0.05) is 31.7 Å². The Labute approximate surface area is 189 Å². The van der Waals surface area contributed by atoms with Crippen molar-refractivity contribution in [2.45, 2.75) is 26.2 Å². The predicted molar refractivity (Wildman–Crippen MR) is 120 cm³/mol. The van der Waals surface area contributed by atoms with Crippen LogP contribution in [-0.2, 0) is 19.3 Å². The highest BCUT2D eigenvalue weighted by Crippen LogP contribution is 2.29. The van der Waals surface area contributed by atoms with Crippen molar-refractivity contribution in [3.63, 3.8) is 0 Å². The molecule has 3 rings (SSSR count). The van der Waals surface area contributed by atoms with E-state index in [2.05, 4.69) is 25.7 Å². The topological polar surface area (TPSA) is 67.1 Å². The van der Waals surface area contributed by atoms with E-state index in [1.165, 1.54) is 6.07 Å². The summed E-state index contributed by atoms with van der Waals surface area (Å²) >= 11 is 0. The summed E-state index contributed by atoms with van der Waals surface area (Å²) in [5.74, 6) is 1.21. The zero-order valence-electron chi connectivity index (χ0n) is 16.2. The number of aromatic nitrogens is 3. The number of halogens is 4. The number of aliphatic imine (C=N–C) groups is 1. The summed E-state index contributed by atoms with van der Waals surface area (Å²) in [6.45, 7) is 3.16. The summed E-state index contributed by atoms with van der Waals surface area (Å²) in [5.41, 5.74) is 0.781. The SMILES string of the molecule is CCNC(=NCc1cccc(C(F)(F)F)c1)NCc1ccnc(-n2cccn2)c1.I. The van der Waals surface area contributed by atoms with Gasteiger partial charge < -0.3 is 10.6 Å². The molecule has 10 heteroatoms. The van der Waals surface area contributed by atoms with Gasteiger partial charge in [0.2, 0.25) is 0 Å². The van der Waals surface area contributed by atoms with E-state index >= 15 is 0 Å². The molecule has 30 heavy (non-hydrogen) atoms. The highest BCUT2D eigenvalue weighted by atomic mass is 127. The van der Waals surface area contributed by atoms with Crippen molar-refractivity contribution in [1.82, 2.24) is 25.4 Å². The molecule has 0 aliphatic heterocycles. The number of guanidine groups is 1. The first-order chi connectivity index (χ1) is 14.0. The first-order valence-electron chi connectivity index (χ1n) is 9.09. The van der Waals surface area contributed by atoms with E-state index in [0.717, 1.165) is 17.7 Å². The average Bonchev–Trinajstić information content (AvgIpc) is 3.25. The molecule has 0 saturated carbocycles. The van der Waals surface area contributed by atoms with Crippen LogP contribution >= 0.6 is 24.0 Å². The number of nitrogens with zero attached hydrogens (tertiary/aromatic N) is 4. The van der Waals surface area contributed by atoms with Crippen molar-refractivity contribution in [2.75, 3.05) is 6.54 Å². The lowest BCUT2D eigenvalue weighted by Gasteiger charge is -2.12. The quantitative estimate of drug-likeness (QED) is 0.286. The summed E-state index contributed by atoms with van der Waals surface area (Å²) in [6.07, 6.45) is 0.813. The van der Waals surface area contributed by atoms with E-state index in [4.69, 9.17) is 0 Å². The molecule has 0 unspecified atom stereocenters. The number of pyridine rings is 1. The van der Waals surface area contributed by atoms with Gasteiger partial charge in [-0.25, -0.2) is 14.7 Å². The Morgan fingerprint density at radius 3 is 2.60 bits per heavy atom. The Balaban J connectivity index is 0.00000320. The molecular weight excluding hydrogens is 508 g/mol. The molecule has 3 aromatic rings. The highest BCUT2D eigenvalue weighted by Gasteiger charge is 2.30. The fraction of sp³-hybridized carbons (Fsp3) is 0.250. The molecule has 2 aromatic heterocycles. The maximum Gasteiger partial charge on any atom is 0.416 e. The molecule has 0 aliphatic carbocycles. The van der Waals surface area contributed by atoms with Crippen LogP contribution in [0.3, 0.4) is 0 Å². The Morgan fingerprint density at radius 1 is 1.07 bits per heavy atom. The van der Waals surface area contributed by atoms with Gasteiger partial charge in [0.1, 0.15) is 0 Å². The second kappa shape index (κ2) is 11.0. The molecule has 0 fully saturated rings. The third-order valence-electron chi connectivity index (χ3n) is 4.03. The maximum absolute atomic E-state index is 12.9. The number of benzene rings is 1. The van der Waals surface area contributed by atoms with E-state index in [1.807, 2.05) is 25.1 Å². The monoisotopic (exact) mass is 530 g/mol. The molecule has 2 heterocycles. The minimum Gasteiger partial charge on any atom is -0.357 e. The van der Waals surface area contributed by atoms with Crippen LogP contribution in [0.5, 0.6) is 0 Å². The number of hydrogen-bond donors (Lipinski definition) is 2. The highest BCUT2D eigenvalue weighted by molar-refractivity contribution is 14.0. The third kappa shape index (κ3) is 6.71. The van der Waals surface area contributed by atoms with Gasteiger partial charge in [-0.05, 0) is 48.4 Å². The van der Waals surface area contributed by atoms with Crippen molar-refractivity contribution in [3.05, 3.63) is 77.7 Å². The number of rotatable bonds is 6. The van der Waals surface area contributed by atoms with E-state index in [1.54, 1.807) is 29.3 Å². The minimum atomic E-state index is -4.36. The van der Waals surface area contributed by atoms with E-state index in [-0.39, 0.29) is 30.5 Å². The maximum atomic E-state index is 12.9. The van der Waals surface area contributed by atoms with Gasteiger partial charge in [-0.15, -0.1) is 24.0 Å². The van der Waals surface area contributed by atoms with Crippen LogP contribution in [0.1, 0.15) is 23.6 Å². The molecule has 0 saturated heterocycles. The Hall–Kier alpha value is -2.63. The van der Waals surface area contributed by atoms with Crippen LogP contribution in [0.15, 0.2) is 66.0 Å². The van der Waals surface area contributed by atoms with Crippen LogP contribution in [-0.4, -0.2) is 27.3 Å². The molecule has 0 amide bonds.